The molecular weight excluding hydrogens is 242 g/mol. The average molecular weight is 271 g/mol. The van der Waals surface area contributed by atoms with E-state index >= 15 is 0 Å². The summed E-state index contributed by atoms with van der Waals surface area (Å²) in [5, 5.41) is 8.89. The molecule has 0 radical (unpaired) electrons. The minimum atomic E-state index is 0.248. The van der Waals surface area contributed by atoms with Gasteiger partial charge >= 0.3 is 0 Å². The second-order valence-corrected chi connectivity index (χ2v) is 5.08. The zero-order chi connectivity index (χ0) is 14.1. The van der Waals surface area contributed by atoms with Gasteiger partial charge in [-0.2, -0.15) is 0 Å². The van der Waals surface area contributed by atoms with Crippen LogP contribution in [0.15, 0.2) is 0 Å². The summed E-state index contributed by atoms with van der Waals surface area (Å²) in [5.74, 6) is 0.281. The second kappa shape index (κ2) is 9.28. The molecular formula is C14H29N3O2. The van der Waals surface area contributed by atoms with Crippen molar-refractivity contribution in [2.75, 3.05) is 59.0 Å². The molecule has 1 aliphatic rings. The van der Waals surface area contributed by atoms with Crippen molar-refractivity contribution in [1.29, 1.82) is 0 Å². The number of aliphatic hydroxyl groups excluding tert-OH is 1. The maximum atomic E-state index is 11.9. The van der Waals surface area contributed by atoms with E-state index in [0.717, 1.165) is 58.8 Å². The number of piperazine rings is 1. The summed E-state index contributed by atoms with van der Waals surface area (Å²) in [7, 11) is 0. The first-order valence-electron chi connectivity index (χ1n) is 7.54. The fourth-order valence-corrected chi connectivity index (χ4v) is 2.57. The third-order valence-electron chi connectivity index (χ3n) is 3.86. The third-order valence-corrected chi connectivity index (χ3v) is 3.86. The zero-order valence-electron chi connectivity index (χ0n) is 12.5. The van der Waals surface area contributed by atoms with E-state index in [1.807, 2.05) is 18.7 Å². The van der Waals surface area contributed by atoms with Crippen LogP contribution in [0.2, 0.25) is 0 Å². The van der Waals surface area contributed by atoms with Crippen molar-refractivity contribution in [2.45, 2.75) is 26.7 Å². The molecule has 0 unspecified atom stereocenters. The molecule has 1 aliphatic heterocycles. The maximum absolute atomic E-state index is 11.9. The quantitative estimate of drug-likeness (QED) is 0.687. The number of aliphatic hydroxyl groups is 1. The van der Waals surface area contributed by atoms with Gasteiger partial charge in [0.2, 0.25) is 5.91 Å². The summed E-state index contributed by atoms with van der Waals surface area (Å²) in [6, 6.07) is 0. The lowest BCUT2D eigenvalue weighted by atomic mass is 10.2. The van der Waals surface area contributed by atoms with E-state index in [-0.39, 0.29) is 12.5 Å². The molecule has 5 heteroatoms. The highest BCUT2D eigenvalue weighted by Gasteiger charge is 2.16. The summed E-state index contributed by atoms with van der Waals surface area (Å²) >= 11 is 0. The average Bonchev–Trinajstić information content (AvgIpc) is 2.42. The first-order chi connectivity index (χ1) is 9.21. The molecule has 1 N–H and O–H groups in total. The van der Waals surface area contributed by atoms with Crippen LogP contribution in [0, 0.1) is 0 Å². The lowest BCUT2D eigenvalue weighted by Gasteiger charge is -2.34. The number of hydrogen-bond acceptors (Lipinski definition) is 4. The number of rotatable bonds is 8. The molecule has 0 atom stereocenters. The van der Waals surface area contributed by atoms with Crippen LogP contribution in [0.1, 0.15) is 26.7 Å². The lowest BCUT2D eigenvalue weighted by Crippen LogP contribution is -2.47. The van der Waals surface area contributed by atoms with Crippen molar-refractivity contribution < 1.29 is 9.90 Å². The monoisotopic (exact) mass is 271 g/mol. The van der Waals surface area contributed by atoms with Gasteiger partial charge in [0.05, 0.1) is 6.61 Å². The molecule has 0 saturated carbocycles. The summed E-state index contributed by atoms with van der Waals surface area (Å²) < 4.78 is 0. The maximum Gasteiger partial charge on any atom is 0.222 e. The lowest BCUT2D eigenvalue weighted by molar-refractivity contribution is -0.131. The predicted molar refractivity (Wildman–Crippen MR) is 77.1 cm³/mol. The largest absolute Gasteiger partial charge is 0.395 e. The van der Waals surface area contributed by atoms with E-state index in [1.54, 1.807) is 0 Å². The molecule has 1 rings (SSSR count). The van der Waals surface area contributed by atoms with Gasteiger partial charge in [0, 0.05) is 52.2 Å². The molecule has 0 aromatic rings. The molecule has 1 fully saturated rings. The van der Waals surface area contributed by atoms with Gasteiger partial charge in [0.1, 0.15) is 0 Å². The van der Waals surface area contributed by atoms with Crippen molar-refractivity contribution in [3.05, 3.63) is 0 Å². The molecule has 0 aromatic carbocycles. The van der Waals surface area contributed by atoms with Gasteiger partial charge in [0.15, 0.2) is 0 Å². The van der Waals surface area contributed by atoms with E-state index < -0.39 is 0 Å². The van der Waals surface area contributed by atoms with Gasteiger partial charge in [-0.25, -0.2) is 0 Å². The molecule has 0 aliphatic carbocycles. The van der Waals surface area contributed by atoms with Gasteiger partial charge in [0.25, 0.3) is 0 Å². The molecule has 5 nitrogen and oxygen atoms in total. The number of amides is 1. The SMILES string of the molecule is CCN(CC)C(=O)CCCN1CCN(CCO)CC1. The Labute approximate surface area is 117 Å². The van der Waals surface area contributed by atoms with Crippen molar-refractivity contribution >= 4 is 5.91 Å². The van der Waals surface area contributed by atoms with E-state index in [2.05, 4.69) is 9.80 Å². The summed E-state index contributed by atoms with van der Waals surface area (Å²) in [4.78, 5) is 18.5. The Bertz CT molecular complexity index is 249. The van der Waals surface area contributed by atoms with Crippen LogP contribution in [0.25, 0.3) is 0 Å². The van der Waals surface area contributed by atoms with Gasteiger partial charge < -0.3 is 14.9 Å². The Morgan fingerprint density at radius 3 is 2.05 bits per heavy atom. The first-order valence-corrected chi connectivity index (χ1v) is 7.54. The molecule has 0 spiro atoms. The van der Waals surface area contributed by atoms with Crippen LogP contribution >= 0.6 is 0 Å². The number of nitrogens with zero attached hydrogens (tertiary/aromatic N) is 3. The fraction of sp³-hybridized carbons (Fsp3) is 0.929. The van der Waals surface area contributed by atoms with E-state index in [0.29, 0.717) is 6.42 Å². The van der Waals surface area contributed by atoms with Crippen LogP contribution in [-0.4, -0.2) is 84.7 Å². The van der Waals surface area contributed by atoms with E-state index in [1.165, 1.54) is 0 Å². The van der Waals surface area contributed by atoms with Crippen LogP contribution in [0.3, 0.4) is 0 Å². The molecule has 1 saturated heterocycles. The Morgan fingerprint density at radius 2 is 1.58 bits per heavy atom. The van der Waals surface area contributed by atoms with Crippen molar-refractivity contribution in [3.8, 4) is 0 Å². The van der Waals surface area contributed by atoms with E-state index in [4.69, 9.17) is 5.11 Å². The van der Waals surface area contributed by atoms with Crippen molar-refractivity contribution in [2.24, 2.45) is 0 Å². The Balaban J connectivity index is 2.12. The Kier molecular flexibility index (Phi) is 8.02. The van der Waals surface area contributed by atoms with Crippen LogP contribution in [0.4, 0.5) is 0 Å². The normalized spacial score (nSPS) is 17.6. The molecule has 0 bridgehead atoms. The fourth-order valence-electron chi connectivity index (χ4n) is 2.57. The topological polar surface area (TPSA) is 47.0 Å². The number of carbonyl (C=O) groups is 1. The molecule has 19 heavy (non-hydrogen) atoms. The number of carbonyl (C=O) groups excluding carboxylic acids is 1. The smallest absolute Gasteiger partial charge is 0.222 e. The number of β-amino-alcohol motifs (C(OH)–C–C–N with tert-alkyl or cyclic N) is 1. The van der Waals surface area contributed by atoms with Gasteiger partial charge in [-0.05, 0) is 26.8 Å². The van der Waals surface area contributed by atoms with Crippen molar-refractivity contribution in [1.82, 2.24) is 14.7 Å². The predicted octanol–water partition coefficient (Wildman–Crippen LogP) is 0.245. The highest BCUT2D eigenvalue weighted by atomic mass is 16.3. The van der Waals surface area contributed by atoms with Gasteiger partial charge in [-0.1, -0.05) is 0 Å². The molecule has 0 aromatic heterocycles. The molecule has 1 heterocycles. The first kappa shape index (κ1) is 16.4. The zero-order valence-corrected chi connectivity index (χ0v) is 12.5. The van der Waals surface area contributed by atoms with Crippen LogP contribution in [-0.2, 0) is 4.79 Å². The molecule has 112 valence electrons. The second-order valence-electron chi connectivity index (χ2n) is 5.08. The summed E-state index contributed by atoms with van der Waals surface area (Å²) in [6.45, 7) is 11.9. The highest BCUT2D eigenvalue weighted by Crippen LogP contribution is 2.04. The van der Waals surface area contributed by atoms with Crippen LogP contribution < -0.4 is 0 Å². The summed E-state index contributed by atoms with van der Waals surface area (Å²) in [5.41, 5.74) is 0. The van der Waals surface area contributed by atoms with E-state index in [9.17, 15) is 4.79 Å². The van der Waals surface area contributed by atoms with Crippen LogP contribution in [0.5, 0.6) is 0 Å². The minimum absolute atomic E-state index is 0.248. The minimum Gasteiger partial charge on any atom is -0.395 e. The Hall–Kier alpha value is -0.650. The number of hydrogen-bond donors (Lipinski definition) is 1. The van der Waals surface area contributed by atoms with Gasteiger partial charge in [-0.15, -0.1) is 0 Å². The van der Waals surface area contributed by atoms with Crippen molar-refractivity contribution in [3.63, 3.8) is 0 Å². The third kappa shape index (κ3) is 5.89. The summed E-state index contributed by atoms with van der Waals surface area (Å²) in [6.07, 6.45) is 1.62. The standard InChI is InChI=1S/C14H29N3O2/c1-3-17(4-2)14(19)6-5-7-15-8-10-16(11-9-15)12-13-18/h18H,3-13H2,1-2H3. The molecule has 1 amide bonds. The highest BCUT2D eigenvalue weighted by molar-refractivity contribution is 5.76. The Morgan fingerprint density at radius 1 is 1.05 bits per heavy atom. The van der Waals surface area contributed by atoms with Gasteiger partial charge in [-0.3, -0.25) is 9.69 Å².